The number of benzene rings is 1. The van der Waals surface area contributed by atoms with Gasteiger partial charge in [-0.1, -0.05) is 0 Å². The molecule has 3 aromatic rings. The molecule has 0 atom stereocenters. The maximum absolute atomic E-state index is 12.0. The predicted molar refractivity (Wildman–Crippen MR) is 91.0 cm³/mol. The van der Waals surface area contributed by atoms with Gasteiger partial charge in [-0.15, -0.1) is 0 Å². The fourth-order valence-electron chi connectivity index (χ4n) is 2.59. The van der Waals surface area contributed by atoms with Crippen LogP contribution in [0.4, 0.5) is 0 Å². The van der Waals surface area contributed by atoms with Gasteiger partial charge in [-0.2, -0.15) is 0 Å². The third-order valence-electron chi connectivity index (χ3n) is 3.57. The Hall–Kier alpha value is -2.76. The molecule has 0 fully saturated rings. The van der Waals surface area contributed by atoms with Gasteiger partial charge in [-0.05, 0) is 32.9 Å². The first-order valence-corrected chi connectivity index (χ1v) is 7.87. The summed E-state index contributed by atoms with van der Waals surface area (Å²) in [6.45, 7) is 6.01. The minimum Gasteiger partial charge on any atom is -0.497 e. The summed E-state index contributed by atoms with van der Waals surface area (Å²) in [5.41, 5.74) is 1.74. The number of hydrogen-bond donors (Lipinski definition) is 0. The third-order valence-corrected chi connectivity index (χ3v) is 3.57. The van der Waals surface area contributed by atoms with Crippen molar-refractivity contribution in [1.29, 1.82) is 0 Å². The lowest BCUT2D eigenvalue weighted by molar-refractivity contribution is 0.0520. The van der Waals surface area contributed by atoms with Gasteiger partial charge in [-0.3, -0.25) is 4.40 Å². The molecular weight excluding hydrogens is 308 g/mol. The fraction of sp³-hybridized carbons (Fsp3) is 0.333. The van der Waals surface area contributed by atoms with E-state index < -0.39 is 5.97 Å². The first kappa shape index (κ1) is 16.1. The van der Waals surface area contributed by atoms with Crippen LogP contribution in [0.2, 0.25) is 0 Å². The van der Waals surface area contributed by atoms with Crippen molar-refractivity contribution in [2.24, 2.45) is 0 Å². The van der Waals surface area contributed by atoms with Crippen LogP contribution < -0.4 is 9.47 Å². The summed E-state index contributed by atoms with van der Waals surface area (Å²) in [5.74, 6) is 0.997. The van der Waals surface area contributed by atoms with Gasteiger partial charge in [0, 0.05) is 23.7 Å². The summed E-state index contributed by atoms with van der Waals surface area (Å²) in [5, 5.41) is 0.921. The third kappa shape index (κ3) is 2.87. The molecule has 126 valence electrons. The number of fused-ring (bicyclic) bond motifs is 3. The molecule has 6 heteroatoms. The molecule has 2 heterocycles. The lowest BCUT2D eigenvalue weighted by Gasteiger charge is -2.14. The molecule has 0 spiro atoms. The van der Waals surface area contributed by atoms with Crippen LogP contribution >= 0.6 is 0 Å². The predicted octanol–water partition coefficient (Wildman–Crippen LogP) is 3.46. The molecular formula is C18H20N2O4. The summed E-state index contributed by atoms with van der Waals surface area (Å²) in [4.78, 5) is 16.4. The second kappa shape index (κ2) is 6.39. The number of aromatic nitrogens is 2. The molecule has 0 saturated heterocycles. The van der Waals surface area contributed by atoms with Crippen LogP contribution in [0.15, 0.2) is 30.5 Å². The number of pyridine rings is 1. The Bertz CT molecular complexity index is 899. The quantitative estimate of drug-likeness (QED) is 0.671. The topological polar surface area (TPSA) is 62.1 Å². The van der Waals surface area contributed by atoms with E-state index in [1.807, 2.05) is 42.5 Å². The Kier molecular flexibility index (Phi) is 4.29. The number of methoxy groups -OCH3 is 1. The zero-order valence-electron chi connectivity index (χ0n) is 14.2. The van der Waals surface area contributed by atoms with E-state index in [9.17, 15) is 4.79 Å². The second-order valence-electron chi connectivity index (χ2n) is 5.63. The Morgan fingerprint density at radius 1 is 1.29 bits per heavy atom. The molecule has 3 rings (SSSR count). The van der Waals surface area contributed by atoms with E-state index in [-0.39, 0.29) is 11.8 Å². The fourth-order valence-corrected chi connectivity index (χ4v) is 2.59. The maximum Gasteiger partial charge on any atom is 0.358 e. The summed E-state index contributed by atoms with van der Waals surface area (Å²) in [6, 6.07) is 7.55. The van der Waals surface area contributed by atoms with E-state index in [0.29, 0.717) is 12.3 Å². The molecule has 0 unspecified atom stereocenters. The number of rotatable bonds is 5. The van der Waals surface area contributed by atoms with Crippen LogP contribution in [-0.4, -0.2) is 35.2 Å². The van der Waals surface area contributed by atoms with Gasteiger partial charge < -0.3 is 14.2 Å². The number of carbonyl (C=O) groups is 1. The second-order valence-corrected chi connectivity index (χ2v) is 5.63. The largest absolute Gasteiger partial charge is 0.497 e. The minimum atomic E-state index is -0.441. The number of ether oxygens (including phenoxy) is 3. The highest BCUT2D eigenvalue weighted by Gasteiger charge is 2.16. The Balaban J connectivity index is 2.26. The minimum absolute atomic E-state index is 0.0252. The van der Waals surface area contributed by atoms with Crippen molar-refractivity contribution in [2.75, 3.05) is 13.7 Å². The van der Waals surface area contributed by atoms with Crippen LogP contribution in [0.25, 0.3) is 16.6 Å². The van der Waals surface area contributed by atoms with E-state index in [4.69, 9.17) is 14.2 Å². The van der Waals surface area contributed by atoms with Crippen LogP contribution in [0.5, 0.6) is 11.5 Å². The van der Waals surface area contributed by atoms with Crippen molar-refractivity contribution in [1.82, 2.24) is 9.38 Å². The van der Waals surface area contributed by atoms with Gasteiger partial charge in [0.05, 0.1) is 25.3 Å². The highest BCUT2D eigenvalue weighted by Crippen LogP contribution is 2.31. The van der Waals surface area contributed by atoms with Crippen molar-refractivity contribution in [3.63, 3.8) is 0 Å². The molecule has 0 N–H and O–H groups in total. The normalized spacial score (nSPS) is 11.2. The van der Waals surface area contributed by atoms with Gasteiger partial charge >= 0.3 is 5.97 Å². The van der Waals surface area contributed by atoms with Gasteiger partial charge in [0.1, 0.15) is 17.1 Å². The van der Waals surface area contributed by atoms with E-state index in [0.717, 1.165) is 22.4 Å². The zero-order chi connectivity index (χ0) is 17.3. The molecule has 6 nitrogen and oxygen atoms in total. The zero-order valence-corrected chi connectivity index (χ0v) is 14.2. The van der Waals surface area contributed by atoms with E-state index >= 15 is 0 Å². The highest BCUT2D eigenvalue weighted by atomic mass is 16.5. The van der Waals surface area contributed by atoms with Crippen molar-refractivity contribution in [3.05, 3.63) is 36.2 Å². The van der Waals surface area contributed by atoms with Crippen LogP contribution in [0, 0.1) is 0 Å². The summed E-state index contributed by atoms with van der Waals surface area (Å²) < 4.78 is 18.1. The molecule has 0 saturated carbocycles. The number of carbonyl (C=O) groups excluding carboxylic acids is 1. The standard InChI is InChI=1S/C18H20N2O4/c1-5-23-18(21)14-10-20-15-8-12(22-4)6-7-13(15)16(24-11(2)3)9-17(20)19-14/h6-11H,5H2,1-4H3. The van der Waals surface area contributed by atoms with Gasteiger partial charge in [0.15, 0.2) is 5.69 Å². The molecule has 0 aliphatic carbocycles. The van der Waals surface area contributed by atoms with Crippen molar-refractivity contribution in [2.45, 2.75) is 26.9 Å². The molecule has 0 aliphatic heterocycles. The SMILES string of the molecule is CCOC(=O)c1cn2c(cc(OC(C)C)c3ccc(OC)cc32)n1. The van der Waals surface area contributed by atoms with Crippen LogP contribution in [0.1, 0.15) is 31.3 Å². The van der Waals surface area contributed by atoms with Crippen molar-refractivity contribution < 1.29 is 19.0 Å². The summed E-state index contributed by atoms with van der Waals surface area (Å²) >= 11 is 0. The molecule has 0 amide bonds. The van der Waals surface area contributed by atoms with Gasteiger partial charge in [0.2, 0.25) is 0 Å². The van der Waals surface area contributed by atoms with Crippen molar-refractivity contribution >= 4 is 22.5 Å². The van der Waals surface area contributed by atoms with E-state index in [1.165, 1.54) is 0 Å². The van der Waals surface area contributed by atoms with Crippen LogP contribution in [-0.2, 0) is 4.74 Å². The average Bonchev–Trinajstić information content (AvgIpc) is 2.98. The molecule has 24 heavy (non-hydrogen) atoms. The number of nitrogens with zero attached hydrogens (tertiary/aromatic N) is 2. The van der Waals surface area contributed by atoms with E-state index in [2.05, 4.69) is 4.98 Å². The lowest BCUT2D eigenvalue weighted by Crippen LogP contribution is -2.06. The average molecular weight is 328 g/mol. The molecule has 0 aliphatic rings. The summed E-state index contributed by atoms with van der Waals surface area (Å²) in [6.07, 6.45) is 1.70. The Morgan fingerprint density at radius 2 is 2.08 bits per heavy atom. The maximum atomic E-state index is 12.0. The Morgan fingerprint density at radius 3 is 2.75 bits per heavy atom. The number of hydrogen-bond acceptors (Lipinski definition) is 5. The number of esters is 1. The first-order chi connectivity index (χ1) is 11.5. The first-order valence-electron chi connectivity index (χ1n) is 7.87. The molecule has 0 bridgehead atoms. The lowest BCUT2D eigenvalue weighted by atomic mass is 10.2. The Labute approximate surface area is 140 Å². The molecule has 0 radical (unpaired) electrons. The van der Waals surface area contributed by atoms with E-state index in [1.54, 1.807) is 20.2 Å². The van der Waals surface area contributed by atoms with Crippen LogP contribution in [0.3, 0.4) is 0 Å². The van der Waals surface area contributed by atoms with Gasteiger partial charge in [0.25, 0.3) is 0 Å². The smallest absolute Gasteiger partial charge is 0.358 e. The monoisotopic (exact) mass is 328 g/mol. The number of imidazole rings is 1. The van der Waals surface area contributed by atoms with Crippen molar-refractivity contribution in [3.8, 4) is 11.5 Å². The molecule has 1 aromatic carbocycles. The summed E-state index contributed by atoms with van der Waals surface area (Å²) in [7, 11) is 1.62. The highest BCUT2D eigenvalue weighted by molar-refractivity contribution is 5.92. The van der Waals surface area contributed by atoms with Gasteiger partial charge in [-0.25, -0.2) is 9.78 Å². The molecule has 2 aromatic heterocycles.